The molecule has 0 aliphatic heterocycles. The molecule has 1 aromatic heterocycles. The maximum Gasteiger partial charge on any atom is 0.416 e. The van der Waals surface area contributed by atoms with Crippen LogP contribution in [0.4, 0.5) is 13.2 Å². The van der Waals surface area contributed by atoms with Crippen molar-refractivity contribution in [2.24, 2.45) is 5.73 Å². The third-order valence-electron chi connectivity index (χ3n) is 4.29. The van der Waals surface area contributed by atoms with Gasteiger partial charge in [0, 0.05) is 16.6 Å². The zero-order chi connectivity index (χ0) is 17.3. The van der Waals surface area contributed by atoms with Crippen LogP contribution in [-0.4, -0.2) is 11.5 Å². The van der Waals surface area contributed by atoms with E-state index in [2.05, 4.69) is 11.9 Å². The van der Waals surface area contributed by atoms with Gasteiger partial charge in [0.2, 0.25) is 0 Å². The van der Waals surface area contributed by atoms with Crippen LogP contribution >= 0.6 is 0 Å². The first kappa shape index (κ1) is 16.6. The Morgan fingerprint density at radius 3 is 2.33 bits per heavy atom. The number of hydrogen-bond acceptors (Lipinski definition) is 1. The summed E-state index contributed by atoms with van der Waals surface area (Å²) in [5.74, 6) is 0. The second-order valence-electron chi connectivity index (χ2n) is 5.78. The number of nitrogens with one attached hydrogen (secondary N) is 1. The fourth-order valence-corrected chi connectivity index (χ4v) is 3.17. The molecule has 1 heterocycles. The van der Waals surface area contributed by atoms with Gasteiger partial charge in [0.05, 0.1) is 5.56 Å². The van der Waals surface area contributed by atoms with Crippen molar-refractivity contribution in [2.45, 2.75) is 25.9 Å². The number of rotatable bonds is 4. The Hall–Kier alpha value is -2.27. The molecule has 2 aromatic carbocycles. The minimum Gasteiger partial charge on any atom is -0.358 e. The molecular formula is C19H19F3N2. The molecule has 2 nitrogen and oxygen atoms in total. The smallest absolute Gasteiger partial charge is 0.358 e. The third kappa shape index (κ3) is 2.91. The fourth-order valence-electron chi connectivity index (χ4n) is 3.17. The van der Waals surface area contributed by atoms with E-state index < -0.39 is 11.7 Å². The molecular weight excluding hydrogens is 313 g/mol. The van der Waals surface area contributed by atoms with Crippen LogP contribution in [0.15, 0.2) is 42.5 Å². The summed E-state index contributed by atoms with van der Waals surface area (Å²) in [6, 6.07) is 11.2. The van der Waals surface area contributed by atoms with Crippen LogP contribution in [-0.2, 0) is 19.0 Å². The second-order valence-corrected chi connectivity index (χ2v) is 5.78. The summed E-state index contributed by atoms with van der Waals surface area (Å²) in [4.78, 5) is 3.41. The highest BCUT2D eigenvalue weighted by Crippen LogP contribution is 2.35. The topological polar surface area (TPSA) is 41.8 Å². The van der Waals surface area contributed by atoms with Crippen LogP contribution in [0, 0.1) is 0 Å². The average Bonchev–Trinajstić information content (AvgIpc) is 2.92. The highest BCUT2D eigenvalue weighted by molar-refractivity contribution is 5.98. The van der Waals surface area contributed by atoms with E-state index in [4.69, 9.17) is 5.73 Å². The summed E-state index contributed by atoms with van der Waals surface area (Å²) >= 11 is 0. The highest BCUT2D eigenvalue weighted by atomic mass is 19.4. The minimum atomic E-state index is -4.32. The van der Waals surface area contributed by atoms with Crippen molar-refractivity contribution < 1.29 is 13.2 Å². The molecule has 0 saturated carbocycles. The van der Waals surface area contributed by atoms with Gasteiger partial charge in [0.25, 0.3) is 0 Å². The van der Waals surface area contributed by atoms with E-state index in [0.29, 0.717) is 6.54 Å². The molecule has 0 bridgehead atoms. The quantitative estimate of drug-likeness (QED) is 0.700. The normalized spacial score (nSPS) is 12.0. The first-order valence-electron chi connectivity index (χ1n) is 7.95. The lowest BCUT2D eigenvalue weighted by atomic mass is 9.96. The van der Waals surface area contributed by atoms with Crippen molar-refractivity contribution in [3.8, 4) is 11.1 Å². The largest absolute Gasteiger partial charge is 0.416 e. The number of alkyl halides is 3. The van der Waals surface area contributed by atoms with Crippen LogP contribution in [0.3, 0.4) is 0 Å². The van der Waals surface area contributed by atoms with Crippen LogP contribution < -0.4 is 5.73 Å². The molecule has 3 aromatic rings. The van der Waals surface area contributed by atoms with Gasteiger partial charge in [-0.3, -0.25) is 0 Å². The summed E-state index contributed by atoms with van der Waals surface area (Å²) in [6.07, 6.45) is -2.73. The predicted molar refractivity (Wildman–Crippen MR) is 90.9 cm³/mol. The third-order valence-corrected chi connectivity index (χ3v) is 4.29. The molecule has 126 valence electrons. The van der Waals surface area contributed by atoms with Gasteiger partial charge in [-0.25, -0.2) is 0 Å². The Morgan fingerprint density at radius 2 is 1.75 bits per heavy atom. The van der Waals surface area contributed by atoms with Crippen molar-refractivity contribution in [3.63, 3.8) is 0 Å². The first-order chi connectivity index (χ1) is 11.5. The van der Waals surface area contributed by atoms with E-state index in [0.717, 1.165) is 58.3 Å². The van der Waals surface area contributed by atoms with Crippen molar-refractivity contribution in [1.82, 2.24) is 4.98 Å². The van der Waals surface area contributed by atoms with Crippen LogP contribution in [0.5, 0.6) is 0 Å². The summed E-state index contributed by atoms with van der Waals surface area (Å²) in [5.41, 5.74) is 10.1. The zero-order valence-electron chi connectivity index (χ0n) is 13.4. The fraction of sp³-hybridized carbons (Fsp3) is 0.263. The van der Waals surface area contributed by atoms with Gasteiger partial charge in [-0.15, -0.1) is 0 Å². The van der Waals surface area contributed by atoms with Gasteiger partial charge in [-0.05, 0) is 54.3 Å². The van der Waals surface area contributed by atoms with Gasteiger partial charge in [-0.1, -0.05) is 31.2 Å². The summed E-state index contributed by atoms with van der Waals surface area (Å²) in [7, 11) is 0. The van der Waals surface area contributed by atoms with E-state index in [1.54, 1.807) is 0 Å². The Kier molecular flexibility index (Phi) is 4.37. The first-order valence-corrected chi connectivity index (χ1v) is 7.95. The molecule has 3 rings (SSSR count). The SMILES string of the molecule is CCc1[nH]c2cccc(-c3ccc(C(F)(F)F)cc3)c2c1CCN. The van der Waals surface area contributed by atoms with Gasteiger partial charge in [-0.2, -0.15) is 13.2 Å². The van der Waals surface area contributed by atoms with E-state index in [1.807, 2.05) is 18.2 Å². The second kappa shape index (κ2) is 6.32. The number of H-pyrrole nitrogens is 1. The maximum atomic E-state index is 12.8. The van der Waals surface area contributed by atoms with Crippen molar-refractivity contribution in [1.29, 1.82) is 0 Å². The summed E-state index contributed by atoms with van der Waals surface area (Å²) < 4.78 is 38.3. The van der Waals surface area contributed by atoms with Crippen LogP contribution in [0.1, 0.15) is 23.7 Å². The lowest BCUT2D eigenvalue weighted by molar-refractivity contribution is -0.137. The van der Waals surface area contributed by atoms with Crippen molar-refractivity contribution in [2.75, 3.05) is 6.54 Å². The number of aromatic amines is 1. The van der Waals surface area contributed by atoms with Gasteiger partial charge < -0.3 is 10.7 Å². The standard InChI is InChI=1S/C19H19F3N2/c1-2-16-15(10-11-23)18-14(4-3-5-17(18)24-16)12-6-8-13(9-7-12)19(20,21)22/h3-9,24H,2,10-11,23H2,1H3. The highest BCUT2D eigenvalue weighted by Gasteiger charge is 2.30. The van der Waals surface area contributed by atoms with E-state index >= 15 is 0 Å². The number of fused-ring (bicyclic) bond motifs is 1. The summed E-state index contributed by atoms with van der Waals surface area (Å²) in [5, 5.41) is 1.06. The van der Waals surface area contributed by atoms with E-state index in [9.17, 15) is 13.2 Å². The molecule has 0 aliphatic carbocycles. The Balaban J connectivity index is 2.17. The number of aromatic nitrogens is 1. The number of benzene rings is 2. The maximum absolute atomic E-state index is 12.8. The molecule has 0 radical (unpaired) electrons. The molecule has 5 heteroatoms. The zero-order valence-corrected chi connectivity index (χ0v) is 13.4. The van der Waals surface area contributed by atoms with Crippen LogP contribution in [0.2, 0.25) is 0 Å². The predicted octanol–water partition coefficient (Wildman–Crippen LogP) is 4.92. The minimum absolute atomic E-state index is 0.529. The lowest BCUT2D eigenvalue weighted by Gasteiger charge is -2.10. The van der Waals surface area contributed by atoms with E-state index in [1.165, 1.54) is 12.1 Å². The number of aryl methyl sites for hydroxylation is 1. The molecule has 24 heavy (non-hydrogen) atoms. The molecule has 0 fully saturated rings. The van der Waals surface area contributed by atoms with Crippen molar-refractivity contribution in [3.05, 3.63) is 59.3 Å². The number of nitrogens with two attached hydrogens (primary N) is 1. The molecule has 3 N–H and O–H groups in total. The number of halogens is 3. The molecule has 0 saturated heterocycles. The Labute approximate surface area is 138 Å². The lowest BCUT2D eigenvalue weighted by Crippen LogP contribution is -2.05. The summed E-state index contributed by atoms with van der Waals surface area (Å²) in [6.45, 7) is 2.60. The molecule has 0 unspecified atom stereocenters. The molecule has 0 amide bonds. The Bertz CT molecular complexity index is 845. The van der Waals surface area contributed by atoms with Crippen molar-refractivity contribution >= 4 is 10.9 Å². The van der Waals surface area contributed by atoms with Gasteiger partial charge in [0.15, 0.2) is 0 Å². The average molecular weight is 332 g/mol. The molecule has 0 atom stereocenters. The molecule has 0 aliphatic rings. The van der Waals surface area contributed by atoms with Gasteiger partial charge in [0.1, 0.15) is 0 Å². The van der Waals surface area contributed by atoms with E-state index in [-0.39, 0.29) is 0 Å². The number of hydrogen-bond donors (Lipinski definition) is 2. The monoisotopic (exact) mass is 332 g/mol. The van der Waals surface area contributed by atoms with Crippen LogP contribution in [0.25, 0.3) is 22.0 Å². The Morgan fingerprint density at radius 1 is 1.04 bits per heavy atom. The molecule has 0 spiro atoms. The van der Waals surface area contributed by atoms with Gasteiger partial charge >= 0.3 is 6.18 Å².